The first kappa shape index (κ1) is 14.5. The highest BCUT2D eigenvalue weighted by Gasteiger charge is 2.21. The van der Waals surface area contributed by atoms with Crippen LogP contribution in [0.4, 0.5) is 5.69 Å². The first-order chi connectivity index (χ1) is 10.8. The summed E-state index contributed by atoms with van der Waals surface area (Å²) in [5.41, 5.74) is 3.13. The minimum Gasteiger partial charge on any atom is -0.325 e. The minimum absolute atomic E-state index is 0.0438. The molecule has 1 heterocycles. The first-order valence-corrected chi connectivity index (χ1v) is 7.69. The van der Waals surface area contributed by atoms with Crippen LogP contribution in [0.15, 0.2) is 54.6 Å². The average Bonchev–Trinajstić information content (AvgIpc) is 3.10. The molecule has 0 spiro atoms. The molecule has 3 nitrogen and oxygen atoms in total. The second-order valence-corrected chi connectivity index (χ2v) is 5.50. The fourth-order valence-electron chi connectivity index (χ4n) is 2.57. The van der Waals surface area contributed by atoms with E-state index in [9.17, 15) is 4.79 Å². The molecular formula is C19H20N2O. The van der Waals surface area contributed by atoms with Crippen molar-refractivity contribution in [2.45, 2.75) is 18.9 Å². The third-order valence-corrected chi connectivity index (χ3v) is 3.82. The van der Waals surface area contributed by atoms with Gasteiger partial charge >= 0.3 is 0 Å². The highest BCUT2D eigenvalue weighted by Crippen LogP contribution is 2.14. The summed E-state index contributed by atoms with van der Waals surface area (Å²) in [6.45, 7) is 0.932. The fourth-order valence-corrected chi connectivity index (χ4v) is 2.57. The van der Waals surface area contributed by atoms with Crippen molar-refractivity contribution < 1.29 is 4.79 Å². The van der Waals surface area contributed by atoms with Gasteiger partial charge in [0.25, 0.3) is 0 Å². The van der Waals surface area contributed by atoms with E-state index in [4.69, 9.17) is 0 Å². The molecule has 0 radical (unpaired) electrons. The van der Waals surface area contributed by atoms with Crippen LogP contribution in [-0.4, -0.2) is 18.5 Å². The molecule has 1 amide bonds. The average molecular weight is 292 g/mol. The quantitative estimate of drug-likeness (QED) is 0.846. The predicted molar refractivity (Wildman–Crippen MR) is 91.5 cm³/mol. The van der Waals surface area contributed by atoms with Gasteiger partial charge in [0.1, 0.15) is 0 Å². The molecule has 1 fully saturated rings. The van der Waals surface area contributed by atoms with Crippen molar-refractivity contribution in [3.63, 3.8) is 0 Å². The molecule has 0 bridgehead atoms. The van der Waals surface area contributed by atoms with Crippen LogP contribution in [-0.2, 0) is 4.79 Å². The lowest BCUT2D eigenvalue weighted by atomic mass is 10.1. The van der Waals surface area contributed by atoms with Gasteiger partial charge in [0, 0.05) is 5.69 Å². The van der Waals surface area contributed by atoms with E-state index in [1.54, 1.807) is 0 Å². The van der Waals surface area contributed by atoms with Crippen LogP contribution in [0.25, 0.3) is 12.2 Å². The minimum atomic E-state index is -0.0438. The zero-order valence-corrected chi connectivity index (χ0v) is 12.5. The summed E-state index contributed by atoms with van der Waals surface area (Å²) in [4.78, 5) is 12.0. The Bertz CT molecular complexity index is 641. The van der Waals surface area contributed by atoms with Crippen molar-refractivity contribution in [1.29, 1.82) is 0 Å². The van der Waals surface area contributed by atoms with Gasteiger partial charge < -0.3 is 10.6 Å². The van der Waals surface area contributed by atoms with Gasteiger partial charge in [-0.3, -0.25) is 4.79 Å². The molecule has 2 aromatic rings. The summed E-state index contributed by atoms with van der Waals surface area (Å²) in [5.74, 6) is 0.0603. The Morgan fingerprint density at radius 2 is 1.68 bits per heavy atom. The van der Waals surface area contributed by atoms with E-state index in [1.807, 2.05) is 42.5 Å². The van der Waals surface area contributed by atoms with Crippen LogP contribution in [0.1, 0.15) is 24.0 Å². The van der Waals surface area contributed by atoms with Gasteiger partial charge in [0.2, 0.25) is 5.91 Å². The first-order valence-electron chi connectivity index (χ1n) is 7.69. The van der Waals surface area contributed by atoms with Crippen molar-refractivity contribution in [1.82, 2.24) is 5.32 Å². The highest BCUT2D eigenvalue weighted by molar-refractivity contribution is 5.95. The van der Waals surface area contributed by atoms with Crippen LogP contribution in [0, 0.1) is 0 Å². The number of carbonyl (C=O) groups is 1. The van der Waals surface area contributed by atoms with Crippen LogP contribution in [0.3, 0.4) is 0 Å². The van der Waals surface area contributed by atoms with Gasteiger partial charge in [-0.05, 0) is 42.6 Å². The van der Waals surface area contributed by atoms with Crippen LogP contribution >= 0.6 is 0 Å². The number of rotatable bonds is 4. The number of hydrogen-bond acceptors (Lipinski definition) is 2. The Balaban J connectivity index is 1.60. The van der Waals surface area contributed by atoms with E-state index in [-0.39, 0.29) is 11.9 Å². The maximum Gasteiger partial charge on any atom is 0.241 e. The van der Waals surface area contributed by atoms with E-state index < -0.39 is 0 Å². The monoisotopic (exact) mass is 292 g/mol. The zero-order chi connectivity index (χ0) is 15.2. The molecule has 0 aliphatic carbocycles. The molecule has 112 valence electrons. The fraction of sp³-hybridized carbons (Fsp3) is 0.211. The van der Waals surface area contributed by atoms with E-state index in [0.29, 0.717) is 0 Å². The Kier molecular flexibility index (Phi) is 4.66. The number of anilines is 1. The molecule has 1 aliphatic rings. The van der Waals surface area contributed by atoms with Gasteiger partial charge in [-0.1, -0.05) is 54.6 Å². The molecule has 0 aromatic heterocycles. The third-order valence-electron chi connectivity index (χ3n) is 3.82. The lowest BCUT2D eigenvalue weighted by molar-refractivity contribution is -0.117. The Morgan fingerprint density at radius 3 is 2.32 bits per heavy atom. The smallest absolute Gasteiger partial charge is 0.241 e. The summed E-state index contributed by atoms with van der Waals surface area (Å²) in [6, 6.07) is 18.1. The maximum atomic E-state index is 12.0. The summed E-state index contributed by atoms with van der Waals surface area (Å²) in [5, 5.41) is 6.16. The normalized spacial score (nSPS) is 17.7. The van der Waals surface area contributed by atoms with Crippen LogP contribution < -0.4 is 10.6 Å². The molecule has 2 N–H and O–H groups in total. The Hall–Kier alpha value is -2.39. The summed E-state index contributed by atoms with van der Waals surface area (Å²) < 4.78 is 0. The lowest BCUT2D eigenvalue weighted by Gasteiger charge is -2.11. The van der Waals surface area contributed by atoms with Gasteiger partial charge in [-0.15, -0.1) is 0 Å². The summed E-state index contributed by atoms with van der Waals surface area (Å²) in [6.07, 6.45) is 6.14. The molecule has 0 saturated carbocycles. The highest BCUT2D eigenvalue weighted by atomic mass is 16.2. The van der Waals surface area contributed by atoms with Gasteiger partial charge in [0.15, 0.2) is 0 Å². The molecule has 0 unspecified atom stereocenters. The molecule has 3 rings (SSSR count). The molecule has 3 heteroatoms. The molecule has 1 aliphatic heterocycles. The van der Waals surface area contributed by atoms with E-state index in [1.165, 1.54) is 5.56 Å². The van der Waals surface area contributed by atoms with Crippen LogP contribution in [0.2, 0.25) is 0 Å². The van der Waals surface area contributed by atoms with Crippen molar-refractivity contribution in [2.75, 3.05) is 11.9 Å². The third kappa shape index (κ3) is 3.83. The second kappa shape index (κ2) is 7.05. The Labute approximate surface area is 131 Å². The van der Waals surface area contributed by atoms with Gasteiger partial charge in [-0.2, -0.15) is 0 Å². The zero-order valence-electron chi connectivity index (χ0n) is 12.5. The van der Waals surface area contributed by atoms with Crippen molar-refractivity contribution in [3.8, 4) is 0 Å². The SMILES string of the molecule is O=C(Nc1ccc(C=Cc2ccccc2)cc1)[C@H]1CCCN1. The summed E-state index contributed by atoms with van der Waals surface area (Å²) in [7, 11) is 0. The topological polar surface area (TPSA) is 41.1 Å². The van der Waals surface area contributed by atoms with Crippen molar-refractivity contribution >= 4 is 23.7 Å². The number of carbonyl (C=O) groups excluding carboxylic acids is 1. The molecule has 1 atom stereocenters. The maximum absolute atomic E-state index is 12.0. The number of amides is 1. The molecule has 2 aromatic carbocycles. The number of benzene rings is 2. The van der Waals surface area contributed by atoms with E-state index in [2.05, 4.69) is 34.9 Å². The summed E-state index contributed by atoms with van der Waals surface area (Å²) >= 11 is 0. The molecule has 22 heavy (non-hydrogen) atoms. The van der Waals surface area contributed by atoms with Crippen molar-refractivity contribution in [2.24, 2.45) is 0 Å². The molecule has 1 saturated heterocycles. The van der Waals surface area contributed by atoms with Crippen LogP contribution in [0.5, 0.6) is 0 Å². The predicted octanol–water partition coefficient (Wildman–Crippen LogP) is 3.55. The van der Waals surface area contributed by atoms with Gasteiger partial charge in [0.05, 0.1) is 6.04 Å². The van der Waals surface area contributed by atoms with E-state index in [0.717, 1.165) is 30.6 Å². The second-order valence-electron chi connectivity index (χ2n) is 5.50. The van der Waals surface area contributed by atoms with Crippen molar-refractivity contribution in [3.05, 3.63) is 65.7 Å². The molecular weight excluding hydrogens is 272 g/mol. The Morgan fingerprint density at radius 1 is 1.00 bits per heavy atom. The van der Waals surface area contributed by atoms with E-state index >= 15 is 0 Å². The number of hydrogen-bond donors (Lipinski definition) is 2. The van der Waals surface area contributed by atoms with Gasteiger partial charge in [-0.25, -0.2) is 0 Å². The standard InChI is InChI=1S/C19H20N2O/c22-19(18-7-4-14-20-18)21-17-12-10-16(11-13-17)9-8-15-5-2-1-3-6-15/h1-3,5-6,8-13,18,20H,4,7,14H2,(H,21,22)/t18-/m1/s1. The largest absolute Gasteiger partial charge is 0.325 e. The number of nitrogens with one attached hydrogen (secondary N) is 2. The lowest BCUT2D eigenvalue weighted by Crippen LogP contribution is -2.35.